The van der Waals surface area contributed by atoms with Gasteiger partial charge in [-0.05, 0) is 48.0 Å². The summed E-state index contributed by atoms with van der Waals surface area (Å²) in [5.74, 6) is 0.120. The molecule has 0 aliphatic rings. The third-order valence-corrected chi connectivity index (χ3v) is 5.20. The molecular weight excluding hydrogens is 413 g/mol. The number of aromatic nitrogens is 1. The third kappa shape index (κ3) is 4.65. The number of carbonyl (C=O) groups excluding carboxylic acids is 1. The lowest BCUT2D eigenvalue weighted by atomic mass is 10.1. The number of amides is 1. The third-order valence-electron chi connectivity index (χ3n) is 4.30. The fourth-order valence-electron chi connectivity index (χ4n) is 2.79. The molecule has 0 fully saturated rings. The van der Waals surface area contributed by atoms with E-state index in [0.717, 1.165) is 28.8 Å². The number of hydrogen-bond donors (Lipinski definition) is 1. The normalized spacial score (nSPS) is 11.6. The van der Waals surface area contributed by atoms with Crippen LogP contribution < -0.4 is 5.32 Å². The first-order chi connectivity index (χ1) is 14.4. The van der Waals surface area contributed by atoms with Crippen LogP contribution in [0.1, 0.15) is 21.5 Å². The van der Waals surface area contributed by atoms with Gasteiger partial charge in [0.25, 0.3) is 11.1 Å². The highest BCUT2D eigenvalue weighted by atomic mass is 32.2. The molecule has 0 saturated carbocycles. The van der Waals surface area contributed by atoms with Crippen molar-refractivity contribution in [3.05, 3.63) is 89.5 Å². The van der Waals surface area contributed by atoms with Gasteiger partial charge in [0, 0.05) is 17.0 Å². The van der Waals surface area contributed by atoms with Crippen molar-refractivity contribution in [1.29, 1.82) is 0 Å². The quantitative estimate of drug-likeness (QED) is 0.374. The Balaban J connectivity index is 1.38. The first kappa shape index (κ1) is 20.0. The Morgan fingerprint density at radius 3 is 2.50 bits per heavy atom. The predicted molar refractivity (Wildman–Crippen MR) is 109 cm³/mol. The van der Waals surface area contributed by atoms with E-state index in [4.69, 9.17) is 4.42 Å². The summed E-state index contributed by atoms with van der Waals surface area (Å²) in [5, 5.41) is 3.05. The standard InChI is InChI=1S/C22H15F3N2O2S/c23-22(24,25)16-4-3-5-17(12-16)26-20(28)15-10-8-14(9-11-15)13-30-21-27-18-6-1-2-7-19(18)29-21/h1-12H,13H2,(H,26,28). The van der Waals surface area contributed by atoms with Gasteiger partial charge >= 0.3 is 6.18 Å². The molecule has 0 aliphatic carbocycles. The van der Waals surface area contributed by atoms with E-state index in [9.17, 15) is 18.0 Å². The summed E-state index contributed by atoms with van der Waals surface area (Å²) in [6, 6.07) is 18.9. The number of nitrogens with zero attached hydrogens (tertiary/aromatic N) is 1. The van der Waals surface area contributed by atoms with Gasteiger partial charge in [-0.2, -0.15) is 13.2 Å². The number of alkyl halides is 3. The molecule has 0 unspecified atom stereocenters. The van der Waals surface area contributed by atoms with Crippen LogP contribution in [0, 0.1) is 0 Å². The molecule has 1 heterocycles. The molecular formula is C22H15F3N2O2S. The molecule has 8 heteroatoms. The van der Waals surface area contributed by atoms with Gasteiger partial charge in [0.05, 0.1) is 5.56 Å². The number of carbonyl (C=O) groups is 1. The summed E-state index contributed by atoms with van der Waals surface area (Å²) >= 11 is 1.44. The van der Waals surface area contributed by atoms with Gasteiger partial charge < -0.3 is 9.73 Å². The fraction of sp³-hybridized carbons (Fsp3) is 0.0909. The van der Waals surface area contributed by atoms with Crippen molar-refractivity contribution in [2.75, 3.05) is 5.32 Å². The Hall–Kier alpha value is -3.26. The number of hydrogen-bond acceptors (Lipinski definition) is 4. The molecule has 0 atom stereocenters. The van der Waals surface area contributed by atoms with Crippen molar-refractivity contribution in [1.82, 2.24) is 4.98 Å². The zero-order chi connectivity index (χ0) is 21.1. The molecule has 4 nitrogen and oxygen atoms in total. The van der Waals surface area contributed by atoms with Crippen molar-refractivity contribution in [2.24, 2.45) is 0 Å². The number of halogens is 3. The van der Waals surface area contributed by atoms with Gasteiger partial charge in [-0.3, -0.25) is 4.79 Å². The average molecular weight is 428 g/mol. The summed E-state index contributed by atoms with van der Waals surface area (Å²) in [7, 11) is 0. The van der Waals surface area contributed by atoms with Gasteiger partial charge in [0.1, 0.15) is 5.52 Å². The van der Waals surface area contributed by atoms with E-state index in [1.807, 2.05) is 24.3 Å². The van der Waals surface area contributed by atoms with Crippen LogP contribution in [0.5, 0.6) is 0 Å². The summed E-state index contributed by atoms with van der Waals surface area (Å²) in [4.78, 5) is 16.7. The van der Waals surface area contributed by atoms with E-state index in [0.29, 0.717) is 16.5 Å². The van der Waals surface area contributed by atoms with Crippen molar-refractivity contribution in [3.8, 4) is 0 Å². The maximum atomic E-state index is 12.8. The SMILES string of the molecule is O=C(Nc1cccc(C(F)(F)F)c1)c1ccc(CSc2nc3ccccc3o2)cc1. The molecule has 4 rings (SSSR count). The highest BCUT2D eigenvalue weighted by molar-refractivity contribution is 7.98. The molecule has 0 bridgehead atoms. The van der Waals surface area contributed by atoms with Crippen LogP contribution >= 0.6 is 11.8 Å². The zero-order valence-corrected chi connectivity index (χ0v) is 16.3. The lowest BCUT2D eigenvalue weighted by Crippen LogP contribution is -2.13. The predicted octanol–water partition coefficient (Wildman–Crippen LogP) is 6.39. The van der Waals surface area contributed by atoms with E-state index in [1.54, 1.807) is 24.3 Å². The number of oxazole rings is 1. The molecule has 1 aromatic heterocycles. The Kier molecular flexibility index (Phi) is 5.50. The van der Waals surface area contributed by atoms with E-state index in [-0.39, 0.29) is 5.69 Å². The topological polar surface area (TPSA) is 55.1 Å². The van der Waals surface area contributed by atoms with Crippen molar-refractivity contribution in [2.45, 2.75) is 17.2 Å². The molecule has 0 saturated heterocycles. The minimum Gasteiger partial charge on any atom is -0.431 e. The summed E-state index contributed by atoms with van der Waals surface area (Å²) < 4.78 is 44.1. The van der Waals surface area contributed by atoms with E-state index in [2.05, 4.69) is 10.3 Å². The maximum Gasteiger partial charge on any atom is 0.416 e. The van der Waals surface area contributed by atoms with Crippen LogP contribution in [0.25, 0.3) is 11.1 Å². The summed E-state index contributed by atoms with van der Waals surface area (Å²) in [6.45, 7) is 0. The number of para-hydroxylation sites is 2. The van der Waals surface area contributed by atoms with Crippen LogP contribution in [0.3, 0.4) is 0 Å². The second-order valence-electron chi connectivity index (χ2n) is 6.47. The second-order valence-corrected chi connectivity index (χ2v) is 7.39. The Bertz CT molecular complexity index is 1150. The second kappa shape index (κ2) is 8.23. The summed E-state index contributed by atoms with van der Waals surface area (Å²) in [5.41, 5.74) is 2.10. The van der Waals surface area contributed by atoms with Gasteiger partial charge in [0.15, 0.2) is 5.58 Å². The van der Waals surface area contributed by atoms with Gasteiger partial charge in [0.2, 0.25) is 0 Å². The Morgan fingerprint density at radius 1 is 1.00 bits per heavy atom. The molecule has 152 valence electrons. The fourth-order valence-corrected chi connectivity index (χ4v) is 3.58. The molecule has 1 N–H and O–H groups in total. The molecule has 4 aromatic rings. The summed E-state index contributed by atoms with van der Waals surface area (Å²) in [6.07, 6.45) is -4.46. The minimum absolute atomic E-state index is 0.0883. The van der Waals surface area contributed by atoms with Crippen LogP contribution in [0.4, 0.5) is 18.9 Å². The van der Waals surface area contributed by atoms with Gasteiger partial charge in [-0.1, -0.05) is 42.1 Å². The highest BCUT2D eigenvalue weighted by Gasteiger charge is 2.30. The van der Waals surface area contributed by atoms with Crippen LogP contribution in [-0.2, 0) is 11.9 Å². The Morgan fingerprint density at radius 2 is 1.77 bits per heavy atom. The zero-order valence-electron chi connectivity index (χ0n) is 15.4. The van der Waals surface area contributed by atoms with Crippen molar-refractivity contribution < 1.29 is 22.4 Å². The molecule has 0 spiro atoms. The number of anilines is 1. The van der Waals surface area contributed by atoms with Crippen molar-refractivity contribution in [3.63, 3.8) is 0 Å². The number of rotatable bonds is 5. The molecule has 0 aliphatic heterocycles. The van der Waals surface area contributed by atoms with Crippen molar-refractivity contribution >= 4 is 34.5 Å². The number of thioether (sulfide) groups is 1. The Labute approximate surface area is 174 Å². The van der Waals surface area contributed by atoms with Gasteiger partial charge in [-0.15, -0.1) is 0 Å². The largest absolute Gasteiger partial charge is 0.431 e. The lowest BCUT2D eigenvalue weighted by Gasteiger charge is -2.10. The smallest absolute Gasteiger partial charge is 0.416 e. The number of nitrogens with one attached hydrogen (secondary N) is 1. The van der Waals surface area contributed by atoms with E-state index < -0.39 is 17.6 Å². The number of benzene rings is 3. The van der Waals surface area contributed by atoms with E-state index in [1.165, 1.54) is 23.9 Å². The minimum atomic E-state index is -4.46. The van der Waals surface area contributed by atoms with E-state index >= 15 is 0 Å². The maximum absolute atomic E-state index is 12.8. The molecule has 30 heavy (non-hydrogen) atoms. The molecule has 3 aromatic carbocycles. The average Bonchev–Trinajstić information content (AvgIpc) is 3.15. The monoisotopic (exact) mass is 428 g/mol. The number of fused-ring (bicyclic) bond motifs is 1. The first-order valence-electron chi connectivity index (χ1n) is 8.94. The lowest BCUT2D eigenvalue weighted by molar-refractivity contribution is -0.137. The van der Waals surface area contributed by atoms with Crippen LogP contribution in [-0.4, -0.2) is 10.9 Å². The van der Waals surface area contributed by atoms with Crippen LogP contribution in [0.15, 0.2) is 82.4 Å². The highest BCUT2D eigenvalue weighted by Crippen LogP contribution is 2.31. The first-order valence-corrected chi connectivity index (χ1v) is 9.93. The molecule has 1 amide bonds. The molecule has 0 radical (unpaired) electrons. The van der Waals surface area contributed by atoms with Gasteiger partial charge in [-0.25, -0.2) is 4.98 Å². The van der Waals surface area contributed by atoms with Crippen LogP contribution in [0.2, 0.25) is 0 Å².